The Hall–Kier alpha value is -0.410. The van der Waals surface area contributed by atoms with Crippen molar-refractivity contribution in [3.05, 3.63) is 16.6 Å². The van der Waals surface area contributed by atoms with Gasteiger partial charge in [0.2, 0.25) is 0 Å². The molecule has 0 spiro atoms. The van der Waals surface area contributed by atoms with Gasteiger partial charge in [0, 0.05) is 23.0 Å². The van der Waals surface area contributed by atoms with Crippen molar-refractivity contribution in [1.82, 2.24) is 10.3 Å². The quantitative estimate of drug-likeness (QED) is 0.802. The van der Waals surface area contributed by atoms with Crippen LogP contribution in [0.3, 0.4) is 0 Å². The maximum Gasteiger partial charge on any atom is 0.0794 e. The third kappa shape index (κ3) is 1.92. The molecule has 3 heteroatoms. The van der Waals surface area contributed by atoms with E-state index in [0.29, 0.717) is 5.54 Å². The van der Waals surface area contributed by atoms with Gasteiger partial charge in [0.15, 0.2) is 0 Å². The van der Waals surface area contributed by atoms with Gasteiger partial charge in [0.25, 0.3) is 0 Å². The zero-order valence-electron chi connectivity index (χ0n) is 8.05. The Kier molecular flexibility index (Phi) is 2.65. The number of aromatic nitrogens is 1. The number of thiazole rings is 1. The smallest absolute Gasteiger partial charge is 0.0794 e. The van der Waals surface area contributed by atoms with Crippen molar-refractivity contribution in [3.63, 3.8) is 0 Å². The molecule has 0 radical (unpaired) electrons. The van der Waals surface area contributed by atoms with Crippen LogP contribution in [0, 0.1) is 0 Å². The zero-order valence-corrected chi connectivity index (χ0v) is 8.86. The lowest BCUT2D eigenvalue weighted by Crippen LogP contribution is -2.40. The number of rotatable bonds is 3. The van der Waals surface area contributed by atoms with E-state index in [4.69, 9.17) is 0 Å². The standard InChI is InChI=1S/C10H16N2S/c1-2-10(4-3-5-12-10)6-9-7-11-8-13-9/h7-8,12H,2-6H2,1H3. The van der Waals surface area contributed by atoms with Crippen LogP contribution in [0.5, 0.6) is 0 Å². The second-order valence-corrected chi connectivity index (χ2v) is 4.78. The van der Waals surface area contributed by atoms with Gasteiger partial charge in [-0.1, -0.05) is 6.92 Å². The van der Waals surface area contributed by atoms with E-state index in [1.807, 2.05) is 11.7 Å². The summed E-state index contributed by atoms with van der Waals surface area (Å²) in [4.78, 5) is 5.53. The van der Waals surface area contributed by atoms with Crippen LogP contribution < -0.4 is 5.32 Å². The fourth-order valence-corrected chi connectivity index (χ4v) is 2.85. The minimum atomic E-state index is 0.381. The first-order valence-corrected chi connectivity index (χ1v) is 5.85. The van der Waals surface area contributed by atoms with Crippen LogP contribution in [-0.2, 0) is 6.42 Å². The highest BCUT2D eigenvalue weighted by atomic mass is 32.1. The van der Waals surface area contributed by atoms with E-state index in [1.54, 1.807) is 11.3 Å². The molecule has 0 amide bonds. The SMILES string of the molecule is CCC1(Cc2cncs2)CCCN1. The molecule has 2 rings (SSSR count). The van der Waals surface area contributed by atoms with E-state index in [1.165, 1.54) is 30.7 Å². The molecule has 0 saturated carbocycles. The number of hydrogen-bond acceptors (Lipinski definition) is 3. The van der Waals surface area contributed by atoms with Crippen LogP contribution in [0.4, 0.5) is 0 Å². The highest BCUT2D eigenvalue weighted by molar-refractivity contribution is 7.09. The summed E-state index contributed by atoms with van der Waals surface area (Å²) in [5.74, 6) is 0. The Morgan fingerprint density at radius 1 is 1.69 bits per heavy atom. The highest BCUT2D eigenvalue weighted by Crippen LogP contribution is 2.28. The Bertz CT molecular complexity index is 250. The van der Waals surface area contributed by atoms with Crippen LogP contribution in [0.15, 0.2) is 11.7 Å². The zero-order chi connectivity index (χ0) is 9.15. The molecule has 13 heavy (non-hydrogen) atoms. The predicted molar refractivity (Wildman–Crippen MR) is 56.1 cm³/mol. The molecular weight excluding hydrogens is 180 g/mol. The van der Waals surface area contributed by atoms with Gasteiger partial charge in [-0.25, -0.2) is 0 Å². The molecule has 1 aliphatic rings. The van der Waals surface area contributed by atoms with Crippen molar-refractivity contribution in [2.45, 2.75) is 38.1 Å². The number of hydrogen-bond donors (Lipinski definition) is 1. The molecule has 1 fully saturated rings. The van der Waals surface area contributed by atoms with Crippen molar-refractivity contribution >= 4 is 11.3 Å². The first-order chi connectivity index (χ1) is 6.35. The third-order valence-electron chi connectivity index (χ3n) is 3.00. The first-order valence-electron chi connectivity index (χ1n) is 4.97. The number of nitrogens with zero attached hydrogens (tertiary/aromatic N) is 1. The summed E-state index contributed by atoms with van der Waals surface area (Å²) in [6.45, 7) is 3.46. The van der Waals surface area contributed by atoms with E-state index in [0.717, 1.165) is 6.42 Å². The van der Waals surface area contributed by atoms with E-state index in [2.05, 4.69) is 17.2 Å². The molecule has 1 unspecified atom stereocenters. The van der Waals surface area contributed by atoms with Crippen molar-refractivity contribution < 1.29 is 0 Å². The average Bonchev–Trinajstić information content (AvgIpc) is 2.77. The lowest BCUT2D eigenvalue weighted by atomic mass is 9.90. The monoisotopic (exact) mass is 196 g/mol. The molecule has 1 aromatic rings. The highest BCUT2D eigenvalue weighted by Gasteiger charge is 2.31. The normalized spacial score (nSPS) is 28.1. The average molecular weight is 196 g/mol. The summed E-state index contributed by atoms with van der Waals surface area (Å²) in [5.41, 5.74) is 2.31. The second-order valence-electron chi connectivity index (χ2n) is 3.81. The molecule has 2 heterocycles. The van der Waals surface area contributed by atoms with Gasteiger partial charge in [0.05, 0.1) is 5.51 Å². The van der Waals surface area contributed by atoms with Crippen LogP contribution in [-0.4, -0.2) is 17.1 Å². The summed E-state index contributed by atoms with van der Waals surface area (Å²) >= 11 is 1.77. The Morgan fingerprint density at radius 2 is 2.62 bits per heavy atom. The lowest BCUT2D eigenvalue weighted by Gasteiger charge is -2.27. The molecule has 2 nitrogen and oxygen atoms in total. The van der Waals surface area contributed by atoms with Gasteiger partial charge in [-0.15, -0.1) is 11.3 Å². The maximum atomic E-state index is 4.12. The van der Waals surface area contributed by atoms with Gasteiger partial charge in [-0.2, -0.15) is 0 Å². The van der Waals surface area contributed by atoms with E-state index in [9.17, 15) is 0 Å². The molecule has 1 atom stereocenters. The van der Waals surface area contributed by atoms with E-state index < -0.39 is 0 Å². The van der Waals surface area contributed by atoms with E-state index in [-0.39, 0.29) is 0 Å². The molecule has 1 aliphatic heterocycles. The molecule has 1 saturated heterocycles. The molecule has 72 valence electrons. The van der Waals surface area contributed by atoms with Crippen LogP contribution >= 0.6 is 11.3 Å². The molecule has 0 aromatic carbocycles. The Balaban J connectivity index is 2.06. The van der Waals surface area contributed by atoms with Crippen LogP contribution in [0.2, 0.25) is 0 Å². The third-order valence-corrected chi connectivity index (χ3v) is 3.78. The van der Waals surface area contributed by atoms with Gasteiger partial charge >= 0.3 is 0 Å². The summed E-state index contributed by atoms with van der Waals surface area (Å²) in [6, 6.07) is 0. The minimum Gasteiger partial charge on any atom is -0.311 e. The molecule has 0 aliphatic carbocycles. The summed E-state index contributed by atoms with van der Waals surface area (Å²) in [6.07, 6.45) is 7.04. The fraction of sp³-hybridized carbons (Fsp3) is 0.700. The first kappa shape index (κ1) is 9.16. The van der Waals surface area contributed by atoms with Crippen molar-refractivity contribution in [2.24, 2.45) is 0 Å². The minimum absolute atomic E-state index is 0.381. The van der Waals surface area contributed by atoms with Crippen molar-refractivity contribution in [3.8, 4) is 0 Å². The van der Waals surface area contributed by atoms with Crippen LogP contribution in [0.25, 0.3) is 0 Å². The Labute approximate surface area is 83.4 Å². The summed E-state index contributed by atoms with van der Waals surface area (Å²) in [5, 5.41) is 3.64. The van der Waals surface area contributed by atoms with Crippen molar-refractivity contribution in [2.75, 3.05) is 6.54 Å². The summed E-state index contributed by atoms with van der Waals surface area (Å²) in [7, 11) is 0. The van der Waals surface area contributed by atoms with E-state index >= 15 is 0 Å². The maximum absolute atomic E-state index is 4.12. The molecule has 0 bridgehead atoms. The second kappa shape index (κ2) is 3.76. The lowest BCUT2D eigenvalue weighted by molar-refractivity contribution is 0.362. The molecule has 1 N–H and O–H groups in total. The van der Waals surface area contributed by atoms with Crippen molar-refractivity contribution in [1.29, 1.82) is 0 Å². The molecule has 1 aromatic heterocycles. The Morgan fingerprint density at radius 3 is 3.15 bits per heavy atom. The van der Waals surface area contributed by atoms with Gasteiger partial charge in [-0.05, 0) is 25.8 Å². The van der Waals surface area contributed by atoms with Gasteiger partial charge in [0.1, 0.15) is 0 Å². The fourth-order valence-electron chi connectivity index (χ4n) is 2.11. The van der Waals surface area contributed by atoms with Crippen LogP contribution in [0.1, 0.15) is 31.1 Å². The molecular formula is C10H16N2S. The largest absolute Gasteiger partial charge is 0.311 e. The van der Waals surface area contributed by atoms with Gasteiger partial charge in [-0.3, -0.25) is 4.98 Å². The topological polar surface area (TPSA) is 24.9 Å². The predicted octanol–water partition coefficient (Wildman–Crippen LogP) is 2.22. The summed E-state index contributed by atoms with van der Waals surface area (Å²) < 4.78 is 0. The van der Waals surface area contributed by atoms with Gasteiger partial charge < -0.3 is 5.32 Å². The number of nitrogens with one attached hydrogen (secondary N) is 1.